The molecule has 0 unspecified atom stereocenters. The Hall–Kier alpha value is -1.55. The van der Waals surface area contributed by atoms with Crippen molar-refractivity contribution < 1.29 is 9.53 Å². The molecule has 4 nitrogen and oxygen atoms in total. The third-order valence-corrected chi connectivity index (χ3v) is 4.31. The molecule has 1 fully saturated rings. The van der Waals surface area contributed by atoms with E-state index in [2.05, 4.69) is 0 Å². The number of ether oxygens (including phenoxy) is 1. The first-order valence-corrected chi connectivity index (χ1v) is 7.20. The summed E-state index contributed by atoms with van der Waals surface area (Å²) in [5.41, 5.74) is 6.63. The molecule has 0 atom stereocenters. The predicted octanol–water partition coefficient (Wildman–Crippen LogP) is 2.17. The van der Waals surface area contributed by atoms with Crippen molar-refractivity contribution in [2.75, 3.05) is 20.7 Å². The lowest BCUT2D eigenvalue weighted by atomic mass is 9.84. The fourth-order valence-electron chi connectivity index (χ4n) is 3.08. The number of hydrogen-bond acceptors (Lipinski definition) is 3. The van der Waals surface area contributed by atoms with Gasteiger partial charge in [0, 0.05) is 20.1 Å². The van der Waals surface area contributed by atoms with Crippen LogP contribution >= 0.6 is 0 Å². The van der Waals surface area contributed by atoms with E-state index >= 15 is 0 Å². The number of benzene rings is 1. The number of amides is 1. The Labute approximate surface area is 120 Å². The van der Waals surface area contributed by atoms with Crippen molar-refractivity contribution in [3.63, 3.8) is 0 Å². The van der Waals surface area contributed by atoms with E-state index in [-0.39, 0.29) is 11.3 Å². The van der Waals surface area contributed by atoms with Gasteiger partial charge in [0.1, 0.15) is 5.75 Å². The van der Waals surface area contributed by atoms with Gasteiger partial charge in [0.2, 0.25) is 5.91 Å². The number of carbonyl (C=O) groups is 1. The third-order valence-electron chi connectivity index (χ3n) is 4.31. The van der Waals surface area contributed by atoms with Gasteiger partial charge in [0.05, 0.1) is 12.5 Å². The number of rotatable bonds is 5. The zero-order chi connectivity index (χ0) is 14.6. The van der Waals surface area contributed by atoms with E-state index in [0.29, 0.717) is 13.1 Å². The average molecular weight is 276 g/mol. The summed E-state index contributed by atoms with van der Waals surface area (Å²) in [4.78, 5) is 14.5. The van der Waals surface area contributed by atoms with Crippen LogP contribution in [0.4, 0.5) is 0 Å². The van der Waals surface area contributed by atoms with E-state index in [9.17, 15) is 4.79 Å². The molecule has 0 aromatic heterocycles. The first-order chi connectivity index (χ1) is 9.61. The Bertz CT molecular complexity index is 467. The Kier molecular flexibility index (Phi) is 4.65. The summed E-state index contributed by atoms with van der Waals surface area (Å²) in [5.74, 6) is 0.998. The molecular formula is C16H24N2O2. The van der Waals surface area contributed by atoms with Crippen LogP contribution in [-0.4, -0.2) is 31.5 Å². The third kappa shape index (κ3) is 2.96. The van der Waals surface area contributed by atoms with Crippen LogP contribution in [-0.2, 0) is 11.3 Å². The van der Waals surface area contributed by atoms with Crippen LogP contribution in [0.15, 0.2) is 24.3 Å². The summed E-state index contributed by atoms with van der Waals surface area (Å²) in [6.45, 7) is 1.05. The van der Waals surface area contributed by atoms with E-state index in [4.69, 9.17) is 10.5 Å². The molecule has 2 rings (SSSR count). The van der Waals surface area contributed by atoms with E-state index < -0.39 is 0 Å². The Balaban J connectivity index is 2.07. The summed E-state index contributed by atoms with van der Waals surface area (Å²) in [5, 5.41) is 0. The molecule has 1 amide bonds. The maximum atomic E-state index is 12.7. The van der Waals surface area contributed by atoms with Crippen molar-refractivity contribution in [1.82, 2.24) is 4.90 Å². The normalized spacial score (nSPS) is 16.9. The van der Waals surface area contributed by atoms with Gasteiger partial charge in [0.15, 0.2) is 0 Å². The quantitative estimate of drug-likeness (QED) is 0.896. The summed E-state index contributed by atoms with van der Waals surface area (Å²) in [6.07, 6.45) is 4.06. The second kappa shape index (κ2) is 6.27. The molecule has 0 bridgehead atoms. The van der Waals surface area contributed by atoms with Gasteiger partial charge in [-0.2, -0.15) is 0 Å². The average Bonchev–Trinajstić information content (AvgIpc) is 2.96. The lowest BCUT2D eigenvalue weighted by Gasteiger charge is -2.31. The highest BCUT2D eigenvalue weighted by atomic mass is 16.5. The molecule has 1 aromatic carbocycles. The molecule has 1 aliphatic rings. The fraction of sp³-hybridized carbons (Fsp3) is 0.562. The predicted molar refractivity (Wildman–Crippen MR) is 79.4 cm³/mol. The first kappa shape index (κ1) is 14.9. The second-order valence-corrected chi connectivity index (χ2v) is 5.70. The maximum absolute atomic E-state index is 12.7. The number of methoxy groups -OCH3 is 1. The van der Waals surface area contributed by atoms with Gasteiger partial charge in [-0.05, 0) is 30.5 Å². The van der Waals surface area contributed by atoms with Crippen molar-refractivity contribution in [2.24, 2.45) is 11.1 Å². The van der Waals surface area contributed by atoms with Gasteiger partial charge >= 0.3 is 0 Å². The molecule has 0 radical (unpaired) electrons. The molecule has 1 saturated carbocycles. The smallest absolute Gasteiger partial charge is 0.230 e. The van der Waals surface area contributed by atoms with Crippen LogP contribution in [0.25, 0.3) is 0 Å². The van der Waals surface area contributed by atoms with Gasteiger partial charge in [-0.25, -0.2) is 0 Å². The number of carbonyl (C=O) groups excluding carboxylic acids is 1. The minimum atomic E-state index is -0.326. The zero-order valence-electron chi connectivity index (χ0n) is 12.4. The van der Waals surface area contributed by atoms with Crippen LogP contribution in [0.3, 0.4) is 0 Å². The highest BCUT2D eigenvalue weighted by Crippen LogP contribution is 2.38. The number of hydrogen-bond donors (Lipinski definition) is 1. The van der Waals surface area contributed by atoms with Gasteiger partial charge < -0.3 is 15.4 Å². The summed E-state index contributed by atoms with van der Waals surface area (Å²) in [6, 6.07) is 7.83. The minimum Gasteiger partial charge on any atom is -0.497 e. The molecule has 0 heterocycles. The highest BCUT2D eigenvalue weighted by Gasteiger charge is 2.41. The Morgan fingerprint density at radius 3 is 2.70 bits per heavy atom. The molecule has 4 heteroatoms. The standard InChI is InChI=1S/C16H24N2O2/c1-18(11-13-6-5-7-14(10-13)20-2)15(19)16(12-17)8-3-4-9-16/h5-7,10H,3-4,8-9,11-12,17H2,1-2H3. The van der Waals surface area contributed by atoms with Crippen molar-refractivity contribution in [2.45, 2.75) is 32.2 Å². The Morgan fingerprint density at radius 1 is 1.40 bits per heavy atom. The number of nitrogens with two attached hydrogens (primary N) is 1. The molecule has 20 heavy (non-hydrogen) atoms. The van der Waals surface area contributed by atoms with Crippen LogP contribution in [0.2, 0.25) is 0 Å². The monoisotopic (exact) mass is 276 g/mol. The Morgan fingerprint density at radius 2 is 2.10 bits per heavy atom. The molecule has 110 valence electrons. The molecule has 0 spiro atoms. The number of nitrogens with zero attached hydrogens (tertiary/aromatic N) is 1. The molecule has 0 aliphatic heterocycles. The molecule has 1 aromatic rings. The SMILES string of the molecule is COc1cccc(CN(C)C(=O)C2(CN)CCCC2)c1. The van der Waals surface area contributed by atoms with Crippen LogP contribution < -0.4 is 10.5 Å². The molecular weight excluding hydrogens is 252 g/mol. The van der Waals surface area contributed by atoms with Crippen LogP contribution in [0.5, 0.6) is 5.75 Å². The van der Waals surface area contributed by atoms with Gasteiger partial charge in [-0.15, -0.1) is 0 Å². The topological polar surface area (TPSA) is 55.6 Å². The van der Waals surface area contributed by atoms with Crippen molar-refractivity contribution >= 4 is 5.91 Å². The fourth-order valence-corrected chi connectivity index (χ4v) is 3.08. The van der Waals surface area contributed by atoms with Crippen LogP contribution in [0.1, 0.15) is 31.2 Å². The summed E-state index contributed by atoms with van der Waals surface area (Å²) < 4.78 is 5.21. The minimum absolute atomic E-state index is 0.181. The van der Waals surface area contributed by atoms with Crippen LogP contribution in [0, 0.1) is 5.41 Å². The molecule has 1 aliphatic carbocycles. The summed E-state index contributed by atoms with van der Waals surface area (Å²) in [7, 11) is 3.51. The van der Waals surface area contributed by atoms with E-state index in [1.165, 1.54) is 0 Å². The van der Waals surface area contributed by atoms with Crippen molar-refractivity contribution in [3.8, 4) is 5.75 Å². The second-order valence-electron chi connectivity index (χ2n) is 5.70. The largest absolute Gasteiger partial charge is 0.497 e. The lowest BCUT2D eigenvalue weighted by molar-refractivity contribution is -0.140. The van der Waals surface area contributed by atoms with E-state index in [1.807, 2.05) is 31.3 Å². The van der Waals surface area contributed by atoms with Gasteiger partial charge in [-0.3, -0.25) is 4.79 Å². The van der Waals surface area contributed by atoms with E-state index in [0.717, 1.165) is 37.0 Å². The molecule has 2 N–H and O–H groups in total. The zero-order valence-corrected chi connectivity index (χ0v) is 12.4. The van der Waals surface area contributed by atoms with Crippen molar-refractivity contribution in [1.29, 1.82) is 0 Å². The summed E-state index contributed by atoms with van der Waals surface area (Å²) >= 11 is 0. The van der Waals surface area contributed by atoms with Crippen molar-refractivity contribution in [3.05, 3.63) is 29.8 Å². The highest BCUT2D eigenvalue weighted by molar-refractivity contribution is 5.83. The molecule has 0 saturated heterocycles. The van der Waals surface area contributed by atoms with Gasteiger partial charge in [-0.1, -0.05) is 25.0 Å². The lowest BCUT2D eigenvalue weighted by Crippen LogP contribution is -2.44. The van der Waals surface area contributed by atoms with Gasteiger partial charge in [0.25, 0.3) is 0 Å². The first-order valence-electron chi connectivity index (χ1n) is 7.20. The van der Waals surface area contributed by atoms with E-state index in [1.54, 1.807) is 12.0 Å². The maximum Gasteiger partial charge on any atom is 0.230 e.